The van der Waals surface area contributed by atoms with Crippen molar-refractivity contribution >= 4 is 17.5 Å². The van der Waals surface area contributed by atoms with Crippen LogP contribution in [-0.4, -0.2) is 23.4 Å². The van der Waals surface area contributed by atoms with Gasteiger partial charge in [-0.3, -0.25) is 14.5 Å². The summed E-state index contributed by atoms with van der Waals surface area (Å²) >= 11 is 0. The van der Waals surface area contributed by atoms with Crippen LogP contribution in [0.3, 0.4) is 0 Å². The number of carbonyl (C=O) groups is 2. The molecule has 2 rings (SSSR count). The number of nitrogens with zero attached hydrogens (tertiary/aromatic N) is 1. The Bertz CT molecular complexity index is 452. The van der Waals surface area contributed by atoms with Crippen LogP contribution in [0.1, 0.15) is 24.0 Å². The van der Waals surface area contributed by atoms with Crippen molar-refractivity contribution in [2.75, 3.05) is 12.0 Å². The third-order valence-electron chi connectivity index (χ3n) is 3.10. The minimum absolute atomic E-state index is 0.0914. The van der Waals surface area contributed by atoms with Crippen molar-refractivity contribution in [2.45, 2.75) is 26.7 Å². The average molecular weight is 232 g/mol. The van der Waals surface area contributed by atoms with Gasteiger partial charge in [0, 0.05) is 18.5 Å². The fourth-order valence-corrected chi connectivity index (χ4v) is 1.82. The summed E-state index contributed by atoms with van der Waals surface area (Å²) in [6.45, 7) is 4.35. The van der Waals surface area contributed by atoms with Crippen molar-refractivity contribution in [3.63, 3.8) is 0 Å². The van der Waals surface area contributed by atoms with E-state index in [1.807, 2.05) is 32.0 Å². The molecule has 0 bridgehead atoms. The monoisotopic (exact) mass is 232 g/mol. The first-order valence-electron chi connectivity index (χ1n) is 5.72. The van der Waals surface area contributed by atoms with Crippen LogP contribution in [0.2, 0.25) is 0 Å². The summed E-state index contributed by atoms with van der Waals surface area (Å²) in [7, 11) is 0. The number of hydrogen-bond acceptors (Lipinski definition) is 3. The van der Waals surface area contributed by atoms with Crippen molar-refractivity contribution in [1.82, 2.24) is 4.90 Å². The Labute approximate surface area is 101 Å². The zero-order valence-corrected chi connectivity index (χ0v) is 10.1. The number of nitrogens with one attached hydrogen (secondary N) is 1. The molecule has 0 spiro atoms. The Hall–Kier alpha value is -1.84. The van der Waals surface area contributed by atoms with E-state index in [-0.39, 0.29) is 18.5 Å². The molecule has 0 unspecified atom stereocenters. The summed E-state index contributed by atoms with van der Waals surface area (Å²) in [4.78, 5) is 24.1. The molecule has 0 aliphatic carbocycles. The van der Waals surface area contributed by atoms with E-state index in [1.165, 1.54) is 16.0 Å². The molecule has 2 amide bonds. The van der Waals surface area contributed by atoms with Crippen molar-refractivity contribution < 1.29 is 9.59 Å². The first kappa shape index (κ1) is 11.6. The molecular weight excluding hydrogens is 216 g/mol. The van der Waals surface area contributed by atoms with Crippen LogP contribution in [0.15, 0.2) is 18.2 Å². The van der Waals surface area contributed by atoms with E-state index in [2.05, 4.69) is 5.32 Å². The van der Waals surface area contributed by atoms with Gasteiger partial charge in [-0.1, -0.05) is 6.07 Å². The zero-order valence-electron chi connectivity index (χ0n) is 10.1. The summed E-state index contributed by atoms with van der Waals surface area (Å²) in [6, 6.07) is 5.99. The summed E-state index contributed by atoms with van der Waals surface area (Å²) in [5, 5.41) is 3.10. The number of rotatable bonds is 3. The van der Waals surface area contributed by atoms with E-state index >= 15 is 0 Å². The standard InChI is InChI=1S/C13H16N2O2/c1-9-3-4-11(7-10(9)2)14-8-15-12(16)5-6-13(15)17/h3-4,7,14H,5-6,8H2,1-2H3. The Morgan fingerprint density at radius 1 is 1.12 bits per heavy atom. The lowest BCUT2D eigenvalue weighted by Gasteiger charge is -2.16. The molecule has 1 aromatic rings. The second-order valence-electron chi connectivity index (χ2n) is 4.35. The van der Waals surface area contributed by atoms with Gasteiger partial charge in [0.1, 0.15) is 0 Å². The summed E-state index contributed by atoms with van der Waals surface area (Å²) in [6.07, 6.45) is 0.681. The number of imide groups is 1. The molecule has 1 fully saturated rings. The predicted molar refractivity (Wildman–Crippen MR) is 65.5 cm³/mol. The van der Waals surface area contributed by atoms with Crippen LogP contribution in [0, 0.1) is 13.8 Å². The second kappa shape index (κ2) is 4.57. The van der Waals surface area contributed by atoms with Gasteiger partial charge in [0.15, 0.2) is 0 Å². The third kappa shape index (κ3) is 2.46. The quantitative estimate of drug-likeness (QED) is 0.809. The van der Waals surface area contributed by atoms with Crippen LogP contribution in [0.4, 0.5) is 5.69 Å². The molecule has 90 valence electrons. The maximum absolute atomic E-state index is 11.4. The number of aryl methyl sites for hydroxylation is 2. The predicted octanol–water partition coefficient (Wildman–Crippen LogP) is 1.82. The Morgan fingerprint density at radius 3 is 2.35 bits per heavy atom. The largest absolute Gasteiger partial charge is 0.367 e. The van der Waals surface area contributed by atoms with E-state index in [9.17, 15) is 9.59 Å². The highest BCUT2D eigenvalue weighted by Gasteiger charge is 2.28. The molecule has 0 atom stereocenters. The first-order valence-corrected chi connectivity index (χ1v) is 5.72. The molecule has 1 aromatic carbocycles. The lowest BCUT2D eigenvalue weighted by atomic mass is 10.1. The summed E-state index contributed by atoms with van der Waals surface area (Å²) in [5.41, 5.74) is 3.35. The number of amides is 2. The van der Waals surface area contributed by atoms with Crippen LogP contribution in [0.5, 0.6) is 0 Å². The van der Waals surface area contributed by atoms with Gasteiger partial charge in [-0.2, -0.15) is 0 Å². The van der Waals surface area contributed by atoms with Crippen molar-refractivity contribution in [1.29, 1.82) is 0 Å². The summed E-state index contributed by atoms with van der Waals surface area (Å²) in [5.74, 6) is -0.183. The molecule has 0 saturated carbocycles. The minimum Gasteiger partial charge on any atom is -0.367 e. The molecule has 1 N–H and O–H groups in total. The van der Waals surface area contributed by atoms with Crippen molar-refractivity contribution in [3.05, 3.63) is 29.3 Å². The van der Waals surface area contributed by atoms with E-state index < -0.39 is 0 Å². The van der Waals surface area contributed by atoms with Crippen molar-refractivity contribution in [3.8, 4) is 0 Å². The molecule has 17 heavy (non-hydrogen) atoms. The molecule has 1 saturated heterocycles. The van der Waals surface area contributed by atoms with Gasteiger partial charge in [-0.25, -0.2) is 0 Å². The normalized spacial score (nSPS) is 15.5. The van der Waals surface area contributed by atoms with Crippen LogP contribution in [0.25, 0.3) is 0 Å². The summed E-state index contributed by atoms with van der Waals surface area (Å²) < 4.78 is 0. The van der Waals surface area contributed by atoms with E-state index in [1.54, 1.807) is 0 Å². The maximum atomic E-state index is 11.4. The van der Waals surface area contributed by atoms with Gasteiger partial charge in [0.25, 0.3) is 0 Å². The highest BCUT2D eigenvalue weighted by atomic mass is 16.2. The van der Waals surface area contributed by atoms with Crippen LogP contribution < -0.4 is 5.32 Å². The fraction of sp³-hybridized carbons (Fsp3) is 0.385. The molecule has 0 aromatic heterocycles. The van der Waals surface area contributed by atoms with Gasteiger partial charge >= 0.3 is 0 Å². The Kier molecular flexibility index (Phi) is 3.13. The topological polar surface area (TPSA) is 49.4 Å². The highest BCUT2D eigenvalue weighted by Crippen LogP contribution is 2.16. The minimum atomic E-state index is -0.0914. The van der Waals surface area contributed by atoms with E-state index in [0.717, 1.165) is 5.69 Å². The molecule has 1 heterocycles. The molecule has 1 aliphatic rings. The van der Waals surface area contributed by atoms with Gasteiger partial charge in [0.2, 0.25) is 11.8 Å². The fourth-order valence-electron chi connectivity index (χ4n) is 1.82. The lowest BCUT2D eigenvalue weighted by molar-refractivity contribution is -0.137. The number of carbonyl (C=O) groups excluding carboxylic acids is 2. The number of likely N-dealkylation sites (tertiary alicyclic amines) is 1. The van der Waals surface area contributed by atoms with E-state index in [0.29, 0.717) is 12.8 Å². The maximum Gasteiger partial charge on any atom is 0.231 e. The van der Waals surface area contributed by atoms with Crippen LogP contribution in [-0.2, 0) is 9.59 Å². The van der Waals surface area contributed by atoms with Gasteiger partial charge < -0.3 is 5.32 Å². The second-order valence-corrected chi connectivity index (χ2v) is 4.35. The molecular formula is C13H16N2O2. The number of anilines is 1. The van der Waals surface area contributed by atoms with Gasteiger partial charge in [-0.05, 0) is 37.1 Å². The molecule has 4 heteroatoms. The molecule has 4 nitrogen and oxygen atoms in total. The third-order valence-corrected chi connectivity index (χ3v) is 3.10. The Balaban J connectivity index is 2.00. The van der Waals surface area contributed by atoms with Crippen LogP contribution >= 0.6 is 0 Å². The first-order chi connectivity index (χ1) is 8.08. The van der Waals surface area contributed by atoms with Gasteiger partial charge in [0.05, 0.1) is 6.67 Å². The lowest BCUT2D eigenvalue weighted by Crippen LogP contribution is -2.33. The smallest absolute Gasteiger partial charge is 0.231 e. The molecule has 1 aliphatic heterocycles. The van der Waals surface area contributed by atoms with E-state index in [4.69, 9.17) is 0 Å². The SMILES string of the molecule is Cc1ccc(NCN2C(=O)CCC2=O)cc1C. The number of benzene rings is 1. The van der Waals surface area contributed by atoms with Crippen molar-refractivity contribution in [2.24, 2.45) is 0 Å². The Morgan fingerprint density at radius 2 is 1.76 bits per heavy atom. The zero-order chi connectivity index (χ0) is 12.4. The van der Waals surface area contributed by atoms with Gasteiger partial charge in [-0.15, -0.1) is 0 Å². The molecule has 0 radical (unpaired) electrons. The average Bonchev–Trinajstić information content (AvgIpc) is 2.61. The highest BCUT2D eigenvalue weighted by molar-refractivity contribution is 6.02. The number of hydrogen-bond donors (Lipinski definition) is 1.